The molecular formula is C29H52O8P2+2. The van der Waals surface area contributed by atoms with E-state index in [1.807, 2.05) is 67.5 Å². The van der Waals surface area contributed by atoms with Crippen LogP contribution in [0.4, 0.5) is 0 Å². The molecule has 0 aromatic heterocycles. The second-order valence-corrected chi connectivity index (χ2v) is 16.6. The zero-order valence-electron chi connectivity index (χ0n) is 25.7. The highest BCUT2D eigenvalue weighted by molar-refractivity contribution is 7.58. The fraction of sp³-hybridized carbons (Fsp3) is 0.586. The summed E-state index contributed by atoms with van der Waals surface area (Å²) in [7, 11) is -7.07. The van der Waals surface area contributed by atoms with Gasteiger partial charge in [0, 0.05) is 16.2 Å². The van der Waals surface area contributed by atoms with E-state index in [0.717, 1.165) is 27.8 Å². The number of phenols is 2. The first-order valence-corrected chi connectivity index (χ1v) is 16.5. The predicted octanol–water partition coefficient (Wildman–Crippen LogP) is 6.20. The van der Waals surface area contributed by atoms with Crippen molar-refractivity contribution in [2.75, 3.05) is 12.3 Å². The van der Waals surface area contributed by atoms with Gasteiger partial charge in [-0.05, 0) is 73.2 Å². The first-order valence-electron chi connectivity index (χ1n) is 12.8. The zero-order valence-corrected chi connectivity index (χ0v) is 27.5. The van der Waals surface area contributed by atoms with E-state index in [1.165, 1.54) is 5.56 Å². The van der Waals surface area contributed by atoms with Gasteiger partial charge < -0.3 is 10.2 Å². The van der Waals surface area contributed by atoms with Gasteiger partial charge in [-0.15, -0.1) is 0 Å². The van der Waals surface area contributed by atoms with Gasteiger partial charge in [0.05, 0.1) is 0 Å². The van der Waals surface area contributed by atoms with Crippen LogP contribution in [0.3, 0.4) is 0 Å². The average Bonchev–Trinajstić information content (AvgIpc) is 2.66. The van der Waals surface area contributed by atoms with Gasteiger partial charge in [-0.2, -0.15) is 29.4 Å². The molecule has 2 aromatic carbocycles. The molecule has 0 unspecified atom stereocenters. The molecule has 2 rings (SSSR count). The van der Waals surface area contributed by atoms with Crippen LogP contribution in [0.2, 0.25) is 0 Å². The topological polar surface area (TPSA) is 162 Å². The van der Waals surface area contributed by atoms with Crippen molar-refractivity contribution in [3.8, 4) is 11.5 Å². The molecule has 0 spiro atoms. The maximum absolute atomic E-state index is 10.2. The second-order valence-electron chi connectivity index (χ2n) is 13.2. The van der Waals surface area contributed by atoms with Gasteiger partial charge in [0.2, 0.25) is 0 Å². The highest BCUT2D eigenvalue weighted by Gasteiger charge is 2.37. The third kappa shape index (κ3) is 13.7. The largest absolute Gasteiger partial charge is 0.508 e. The molecule has 0 saturated heterocycles. The Bertz CT molecular complexity index is 990. The Morgan fingerprint density at radius 3 is 1.08 bits per heavy atom. The van der Waals surface area contributed by atoms with Crippen LogP contribution < -0.4 is 0 Å². The molecule has 0 aliphatic carbocycles. The van der Waals surface area contributed by atoms with E-state index in [9.17, 15) is 10.2 Å². The van der Waals surface area contributed by atoms with E-state index in [1.54, 1.807) is 12.1 Å². The maximum Gasteiger partial charge on any atom is 0.404 e. The third-order valence-electron chi connectivity index (χ3n) is 6.17. The van der Waals surface area contributed by atoms with Crippen LogP contribution in [0, 0.1) is 38.5 Å². The SMILES string of the molecule is CC(C)(C)C[P+](O)(O)O.CC(C)(C)C[P+](O)(O)O.Cc1c(C)c(C(C)(C)c2ccc(O)cc2)c(C)c(C)c1O. The smallest absolute Gasteiger partial charge is 0.404 e. The summed E-state index contributed by atoms with van der Waals surface area (Å²) >= 11 is 0. The van der Waals surface area contributed by atoms with E-state index in [2.05, 4.69) is 27.7 Å². The Hall–Kier alpha value is -1.34. The van der Waals surface area contributed by atoms with E-state index in [-0.39, 0.29) is 34.3 Å². The molecule has 8 N–H and O–H groups in total. The minimum atomic E-state index is -3.54. The summed E-state index contributed by atoms with van der Waals surface area (Å²) in [5, 5.41) is 19.7. The number of hydrogen-bond acceptors (Lipinski definition) is 8. The Kier molecular flexibility index (Phi) is 13.1. The number of phenolic OH excluding ortho intramolecular Hbond substituents is 2. The maximum atomic E-state index is 10.2. The van der Waals surface area contributed by atoms with Gasteiger partial charge in [0.1, 0.15) is 23.8 Å². The van der Waals surface area contributed by atoms with Crippen molar-refractivity contribution < 1.29 is 39.6 Å². The molecule has 0 radical (unpaired) electrons. The van der Waals surface area contributed by atoms with Crippen LogP contribution in [0.25, 0.3) is 0 Å². The molecule has 8 nitrogen and oxygen atoms in total. The van der Waals surface area contributed by atoms with Crippen LogP contribution >= 0.6 is 15.9 Å². The molecule has 0 atom stereocenters. The average molecular weight is 591 g/mol. The lowest BCUT2D eigenvalue weighted by Gasteiger charge is -2.32. The van der Waals surface area contributed by atoms with Gasteiger partial charge in [-0.1, -0.05) is 67.5 Å². The molecule has 0 aliphatic rings. The van der Waals surface area contributed by atoms with Crippen molar-refractivity contribution in [1.29, 1.82) is 0 Å². The van der Waals surface area contributed by atoms with E-state index < -0.39 is 15.9 Å². The molecular weight excluding hydrogens is 538 g/mol. The molecule has 0 amide bonds. The molecule has 10 heteroatoms. The molecule has 0 fully saturated rings. The molecule has 0 aliphatic heterocycles. The highest BCUT2D eigenvalue weighted by atomic mass is 31.2. The van der Waals surface area contributed by atoms with Gasteiger partial charge in [0.25, 0.3) is 0 Å². The van der Waals surface area contributed by atoms with Crippen LogP contribution in [-0.2, 0) is 5.41 Å². The predicted molar refractivity (Wildman–Crippen MR) is 163 cm³/mol. The van der Waals surface area contributed by atoms with Crippen LogP contribution in [-0.4, -0.2) is 51.9 Å². The van der Waals surface area contributed by atoms with Gasteiger partial charge in [-0.25, -0.2) is 0 Å². The van der Waals surface area contributed by atoms with E-state index in [0.29, 0.717) is 5.75 Å². The van der Waals surface area contributed by atoms with Crippen molar-refractivity contribution >= 4 is 15.9 Å². The van der Waals surface area contributed by atoms with Crippen molar-refractivity contribution in [2.45, 2.75) is 88.5 Å². The monoisotopic (exact) mass is 590 g/mol. The van der Waals surface area contributed by atoms with E-state index >= 15 is 0 Å². The number of benzene rings is 2. The van der Waals surface area contributed by atoms with Crippen molar-refractivity contribution in [2.24, 2.45) is 10.8 Å². The van der Waals surface area contributed by atoms with Gasteiger partial charge >= 0.3 is 15.9 Å². The summed E-state index contributed by atoms with van der Waals surface area (Å²) in [5.74, 6) is 0.677. The standard InChI is InChI=1S/C19H24O2.2C5H14O3P/c1-11-13(3)18(21)14(4)12(2)17(11)19(5,6)15-7-9-16(20)10-8-15;2*1-5(2,3)4-9(6,7)8/h7-10,20-21H,1-6H3;2*6-8H,4H2,1-3H3/q;2*+1. The fourth-order valence-electron chi connectivity index (χ4n) is 4.53. The molecule has 224 valence electrons. The molecule has 39 heavy (non-hydrogen) atoms. The Morgan fingerprint density at radius 2 is 0.846 bits per heavy atom. The number of rotatable bonds is 4. The summed E-state index contributed by atoms with van der Waals surface area (Å²) in [5.41, 5.74) is 5.93. The lowest BCUT2D eigenvalue weighted by Crippen LogP contribution is -2.23. The first kappa shape index (κ1) is 37.7. The summed E-state index contributed by atoms with van der Waals surface area (Å²) in [6.45, 7) is 23.5. The summed E-state index contributed by atoms with van der Waals surface area (Å²) in [6.07, 6.45) is 0.139. The Balaban J connectivity index is 0.000000667. The fourth-order valence-corrected chi connectivity index (χ4v) is 7.07. The Labute approximate surface area is 236 Å². The minimum Gasteiger partial charge on any atom is -0.508 e. The van der Waals surface area contributed by atoms with Gasteiger partial charge in [0.15, 0.2) is 0 Å². The van der Waals surface area contributed by atoms with Gasteiger partial charge in [-0.3, -0.25) is 0 Å². The highest BCUT2D eigenvalue weighted by Crippen LogP contribution is 2.50. The molecule has 0 saturated carbocycles. The first-order chi connectivity index (χ1) is 17.1. The summed E-state index contributed by atoms with van der Waals surface area (Å²) < 4.78 is 0. The number of hydrogen-bond donors (Lipinski definition) is 8. The molecule has 0 heterocycles. The lowest BCUT2D eigenvalue weighted by atomic mass is 9.72. The van der Waals surface area contributed by atoms with Crippen LogP contribution in [0.15, 0.2) is 24.3 Å². The van der Waals surface area contributed by atoms with E-state index in [4.69, 9.17) is 29.4 Å². The normalized spacial score (nSPS) is 12.8. The lowest BCUT2D eigenvalue weighted by molar-refractivity contribution is 0.302. The summed E-state index contributed by atoms with van der Waals surface area (Å²) in [4.78, 5) is 51.5. The summed E-state index contributed by atoms with van der Waals surface area (Å²) in [6, 6.07) is 7.38. The Morgan fingerprint density at radius 1 is 0.538 bits per heavy atom. The molecule has 0 bridgehead atoms. The third-order valence-corrected chi connectivity index (χ3v) is 8.92. The quantitative estimate of drug-likeness (QED) is 0.195. The minimum absolute atomic E-state index is 0.0694. The second kappa shape index (κ2) is 13.5. The number of aromatic hydroxyl groups is 2. The van der Waals surface area contributed by atoms with Crippen molar-refractivity contribution in [3.63, 3.8) is 0 Å². The molecule has 2 aromatic rings. The van der Waals surface area contributed by atoms with Crippen molar-refractivity contribution in [1.82, 2.24) is 0 Å². The van der Waals surface area contributed by atoms with Crippen molar-refractivity contribution in [3.05, 3.63) is 57.6 Å². The van der Waals surface area contributed by atoms with Crippen LogP contribution in [0.5, 0.6) is 11.5 Å². The van der Waals surface area contributed by atoms with Crippen LogP contribution in [0.1, 0.15) is 88.8 Å². The zero-order chi connectivity index (χ0) is 31.4.